The Hall–Kier alpha value is -1.20. The first-order valence-corrected chi connectivity index (χ1v) is 3.46. The number of halogens is 1. The van der Waals surface area contributed by atoms with Crippen LogP contribution in [0.3, 0.4) is 0 Å². The Morgan fingerprint density at radius 3 is 2.73 bits per heavy atom. The van der Waals surface area contributed by atoms with Gasteiger partial charge >= 0.3 is 0 Å². The van der Waals surface area contributed by atoms with Gasteiger partial charge in [-0.05, 0) is 18.6 Å². The lowest BCUT2D eigenvalue weighted by atomic mass is 10.2. The molecule has 2 nitrogen and oxygen atoms in total. The summed E-state index contributed by atoms with van der Waals surface area (Å²) in [5.41, 5.74) is 7.42. The van der Waals surface area contributed by atoms with Gasteiger partial charge in [0.2, 0.25) is 5.69 Å². The zero-order chi connectivity index (χ0) is 8.43. The van der Waals surface area contributed by atoms with Gasteiger partial charge in [0.15, 0.2) is 0 Å². The Bertz CT molecular complexity index is 326. The lowest BCUT2D eigenvalue weighted by Gasteiger charge is -2.02. The van der Waals surface area contributed by atoms with E-state index in [9.17, 15) is 0 Å². The summed E-state index contributed by atoms with van der Waals surface area (Å²) in [5.74, 6) is 0. The highest BCUT2D eigenvalue weighted by molar-refractivity contribution is 6.34. The predicted molar refractivity (Wildman–Crippen MR) is 46.9 cm³/mol. The van der Waals surface area contributed by atoms with E-state index in [0.29, 0.717) is 16.4 Å². The molecule has 0 spiro atoms. The Labute approximate surface area is 70.4 Å². The van der Waals surface area contributed by atoms with Crippen LogP contribution in [-0.2, 0) is 0 Å². The van der Waals surface area contributed by atoms with E-state index in [1.165, 1.54) is 0 Å². The van der Waals surface area contributed by atoms with Crippen molar-refractivity contribution in [2.75, 3.05) is 5.73 Å². The van der Waals surface area contributed by atoms with E-state index in [1.807, 2.05) is 0 Å². The second-order valence-electron chi connectivity index (χ2n) is 2.22. The van der Waals surface area contributed by atoms with Gasteiger partial charge in [0, 0.05) is 5.69 Å². The molecule has 2 N–H and O–H groups in total. The van der Waals surface area contributed by atoms with Crippen LogP contribution in [0.4, 0.5) is 11.4 Å². The average molecular weight is 167 g/mol. The van der Waals surface area contributed by atoms with Gasteiger partial charge in [-0.15, -0.1) is 0 Å². The third kappa shape index (κ3) is 1.28. The molecule has 0 atom stereocenters. The summed E-state index contributed by atoms with van der Waals surface area (Å²) in [4.78, 5) is 3.23. The van der Waals surface area contributed by atoms with Crippen molar-refractivity contribution in [2.24, 2.45) is 0 Å². The van der Waals surface area contributed by atoms with E-state index in [0.717, 1.165) is 5.56 Å². The van der Waals surface area contributed by atoms with Crippen molar-refractivity contribution in [2.45, 2.75) is 6.92 Å². The molecule has 0 aliphatic rings. The molecule has 1 rings (SSSR count). The highest BCUT2D eigenvalue weighted by Crippen LogP contribution is 2.31. The number of hydrogen-bond acceptors (Lipinski definition) is 1. The number of benzene rings is 1. The fourth-order valence-corrected chi connectivity index (χ4v) is 0.986. The molecule has 1 aromatic rings. The van der Waals surface area contributed by atoms with Gasteiger partial charge in [0.05, 0.1) is 11.6 Å². The number of nitrogens with zero attached hydrogens (tertiary/aromatic N) is 1. The van der Waals surface area contributed by atoms with Gasteiger partial charge in [-0.3, -0.25) is 0 Å². The fourth-order valence-electron chi connectivity index (χ4n) is 0.772. The molecule has 0 amide bonds. The Morgan fingerprint density at radius 1 is 1.55 bits per heavy atom. The molecule has 0 heterocycles. The van der Waals surface area contributed by atoms with E-state index < -0.39 is 0 Å². The van der Waals surface area contributed by atoms with E-state index in [1.54, 1.807) is 19.1 Å². The first kappa shape index (κ1) is 7.90. The molecule has 0 aliphatic heterocycles. The van der Waals surface area contributed by atoms with Gasteiger partial charge < -0.3 is 5.73 Å². The average Bonchev–Trinajstić information content (AvgIpc) is 2.01. The smallest absolute Gasteiger partial charge is 0.205 e. The van der Waals surface area contributed by atoms with Crippen molar-refractivity contribution < 1.29 is 0 Å². The zero-order valence-corrected chi connectivity index (χ0v) is 6.81. The van der Waals surface area contributed by atoms with Crippen LogP contribution in [0.25, 0.3) is 4.85 Å². The maximum Gasteiger partial charge on any atom is 0.205 e. The van der Waals surface area contributed by atoms with Crippen LogP contribution in [0, 0.1) is 13.5 Å². The fraction of sp³-hybridized carbons (Fsp3) is 0.125. The Balaban J connectivity index is 3.40. The summed E-state index contributed by atoms with van der Waals surface area (Å²) in [7, 11) is 0. The first-order valence-electron chi connectivity index (χ1n) is 3.09. The van der Waals surface area contributed by atoms with Crippen LogP contribution in [0.1, 0.15) is 5.56 Å². The molecule has 0 bridgehead atoms. The lowest BCUT2D eigenvalue weighted by molar-refractivity contribution is 1.48. The molecule has 3 heteroatoms. The summed E-state index contributed by atoms with van der Waals surface area (Å²) < 4.78 is 0. The van der Waals surface area contributed by atoms with Crippen molar-refractivity contribution in [3.05, 3.63) is 34.1 Å². The molecule has 0 aliphatic carbocycles. The predicted octanol–water partition coefficient (Wildman–Crippen LogP) is 2.78. The summed E-state index contributed by atoms with van der Waals surface area (Å²) in [6.45, 7) is 8.55. The van der Waals surface area contributed by atoms with Gasteiger partial charge in [0.25, 0.3) is 0 Å². The first-order chi connectivity index (χ1) is 5.16. The number of anilines is 1. The molecule has 1 aromatic carbocycles. The maximum atomic E-state index is 6.75. The number of hydrogen-bond donors (Lipinski definition) is 1. The molecule has 0 aromatic heterocycles. The Kier molecular flexibility index (Phi) is 2.02. The molecular formula is C8H7ClN2. The molecule has 0 saturated heterocycles. The largest absolute Gasteiger partial charge is 0.399 e. The number of rotatable bonds is 0. The molecule has 0 unspecified atom stereocenters. The minimum absolute atomic E-state index is 0.457. The number of nitrogen functional groups attached to an aromatic ring is 1. The van der Waals surface area contributed by atoms with Gasteiger partial charge in [0.1, 0.15) is 0 Å². The van der Waals surface area contributed by atoms with Crippen molar-refractivity contribution in [3.8, 4) is 0 Å². The van der Waals surface area contributed by atoms with Gasteiger partial charge in [-0.1, -0.05) is 17.7 Å². The highest BCUT2D eigenvalue weighted by Gasteiger charge is 2.04. The maximum absolute atomic E-state index is 6.75. The third-order valence-electron chi connectivity index (χ3n) is 1.53. The second-order valence-corrected chi connectivity index (χ2v) is 2.60. The van der Waals surface area contributed by atoms with Gasteiger partial charge in [-0.25, -0.2) is 4.85 Å². The van der Waals surface area contributed by atoms with Crippen LogP contribution in [0.2, 0.25) is 5.02 Å². The normalized spacial score (nSPS) is 9.18. The van der Waals surface area contributed by atoms with E-state index in [-0.39, 0.29) is 0 Å². The third-order valence-corrected chi connectivity index (χ3v) is 2.01. The Morgan fingerprint density at radius 2 is 2.18 bits per heavy atom. The van der Waals surface area contributed by atoms with Crippen LogP contribution < -0.4 is 5.73 Å². The van der Waals surface area contributed by atoms with Crippen LogP contribution >= 0.6 is 11.6 Å². The van der Waals surface area contributed by atoms with Crippen LogP contribution in [0.5, 0.6) is 0 Å². The standard InChI is InChI=1S/C8H7ClN2/c1-5-6(10)3-4-7(11-2)8(5)9/h3-4H,10H2,1H3. The second kappa shape index (κ2) is 2.81. The molecule has 11 heavy (non-hydrogen) atoms. The molecule has 0 saturated carbocycles. The van der Waals surface area contributed by atoms with Crippen LogP contribution in [-0.4, -0.2) is 0 Å². The highest BCUT2D eigenvalue weighted by atomic mass is 35.5. The zero-order valence-electron chi connectivity index (χ0n) is 6.06. The van der Waals surface area contributed by atoms with Crippen molar-refractivity contribution in [1.82, 2.24) is 0 Å². The lowest BCUT2D eigenvalue weighted by Crippen LogP contribution is -1.88. The quantitative estimate of drug-likeness (QED) is 0.466. The summed E-state index contributed by atoms with van der Waals surface area (Å²) >= 11 is 5.80. The molecule has 0 radical (unpaired) electrons. The summed E-state index contributed by atoms with van der Waals surface area (Å²) in [6, 6.07) is 3.31. The molecular weight excluding hydrogens is 160 g/mol. The van der Waals surface area contributed by atoms with Crippen LogP contribution in [0.15, 0.2) is 12.1 Å². The van der Waals surface area contributed by atoms with Gasteiger partial charge in [-0.2, -0.15) is 0 Å². The molecule has 0 fully saturated rings. The van der Waals surface area contributed by atoms with E-state index >= 15 is 0 Å². The number of nitrogens with two attached hydrogens (primary N) is 1. The van der Waals surface area contributed by atoms with Crippen molar-refractivity contribution >= 4 is 23.0 Å². The van der Waals surface area contributed by atoms with E-state index in [2.05, 4.69) is 4.85 Å². The minimum atomic E-state index is 0.457. The molecule has 56 valence electrons. The SMILES string of the molecule is [C-]#[N+]c1ccc(N)c(C)c1Cl. The topological polar surface area (TPSA) is 30.4 Å². The van der Waals surface area contributed by atoms with E-state index in [4.69, 9.17) is 23.9 Å². The summed E-state index contributed by atoms with van der Waals surface area (Å²) in [6.07, 6.45) is 0. The monoisotopic (exact) mass is 166 g/mol. The summed E-state index contributed by atoms with van der Waals surface area (Å²) in [5, 5.41) is 0.458. The van der Waals surface area contributed by atoms with Crippen molar-refractivity contribution in [1.29, 1.82) is 0 Å². The minimum Gasteiger partial charge on any atom is -0.399 e. The van der Waals surface area contributed by atoms with Crippen molar-refractivity contribution in [3.63, 3.8) is 0 Å².